The fraction of sp³-hybridized carbons (Fsp3) is 0.250. The quantitative estimate of drug-likeness (QED) is 0.922. The Labute approximate surface area is 110 Å². The monoisotopic (exact) mass is 269 g/mol. The van der Waals surface area contributed by atoms with E-state index in [-0.39, 0.29) is 0 Å². The third-order valence-corrected chi connectivity index (χ3v) is 3.41. The van der Waals surface area contributed by atoms with E-state index in [0.717, 1.165) is 22.1 Å². The maximum Gasteiger partial charge on any atom is 0.128 e. The first-order valence-corrected chi connectivity index (χ1v) is 5.99. The lowest BCUT2D eigenvalue weighted by Crippen LogP contribution is -2.06. The van der Waals surface area contributed by atoms with Crippen LogP contribution < -0.4 is 5.32 Å². The number of halogens is 2. The maximum absolute atomic E-state index is 6.05. The minimum absolute atomic E-state index is 0.614. The highest BCUT2D eigenvalue weighted by Crippen LogP contribution is 2.20. The molecular weight excluding hydrogens is 257 g/mol. The van der Waals surface area contributed by atoms with Crippen molar-refractivity contribution in [2.75, 3.05) is 5.32 Å². The van der Waals surface area contributed by atoms with Crippen LogP contribution in [0.15, 0.2) is 24.4 Å². The van der Waals surface area contributed by atoms with Gasteiger partial charge in [-0.2, -0.15) is 0 Å². The molecule has 17 heavy (non-hydrogen) atoms. The third kappa shape index (κ3) is 2.73. The second kappa shape index (κ2) is 4.98. The summed E-state index contributed by atoms with van der Waals surface area (Å²) in [6.07, 6.45) is 1.64. The molecule has 0 atom stereocenters. The second-order valence-electron chi connectivity index (χ2n) is 3.87. The van der Waals surface area contributed by atoms with Crippen LogP contribution in [0, 0.1) is 6.92 Å². The van der Waals surface area contributed by atoms with Crippen LogP contribution in [-0.2, 0) is 13.6 Å². The zero-order valence-electron chi connectivity index (χ0n) is 9.67. The largest absolute Gasteiger partial charge is 0.378 e. The smallest absolute Gasteiger partial charge is 0.128 e. The van der Waals surface area contributed by atoms with Gasteiger partial charge in [0.25, 0.3) is 0 Å². The summed E-state index contributed by atoms with van der Waals surface area (Å²) in [5.41, 5.74) is 2.04. The van der Waals surface area contributed by atoms with Gasteiger partial charge in [0, 0.05) is 17.8 Å². The van der Waals surface area contributed by atoms with Gasteiger partial charge < -0.3 is 9.88 Å². The maximum atomic E-state index is 6.05. The van der Waals surface area contributed by atoms with E-state index in [9.17, 15) is 0 Å². The molecule has 0 aliphatic carbocycles. The van der Waals surface area contributed by atoms with Gasteiger partial charge in [-0.25, -0.2) is 4.98 Å². The summed E-state index contributed by atoms with van der Waals surface area (Å²) < 4.78 is 1.84. The first kappa shape index (κ1) is 12.3. The molecule has 2 aromatic rings. The number of nitrogens with one attached hydrogen (secondary N) is 1. The van der Waals surface area contributed by atoms with Gasteiger partial charge in [0.1, 0.15) is 11.0 Å². The van der Waals surface area contributed by atoms with E-state index in [1.807, 2.05) is 36.7 Å². The van der Waals surface area contributed by atoms with Crippen LogP contribution in [0.1, 0.15) is 11.4 Å². The molecule has 0 saturated carbocycles. The third-order valence-electron chi connectivity index (χ3n) is 2.65. The summed E-state index contributed by atoms with van der Waals surface area (Å²) >= 11 is 12.0. The Bertz CT molecular complexity index is 535. The highest BCUT2D eigenvalue weighted by atomic mass is 35.5. The van der Waals surface area contributed by atoms with Crippen LogP contribution in [0.5, 0.6) is 0 Å². The molecule has 1 N–H and O–H groups in total. The Hall–Kier alpha value is -1.19. The SMILES string of the molecule is Cc1ccc(NCc2ncc(Cl)n2C)cc1Cl. The van der Waals surface area contributed by atoms with Crippen LogP contribution in [0.25, 0.3) is 0 Å². The van der Waals surface area contributed by atoms with E-state index < -0.39 is 0 Å². The van der Waals surface area contributed by atoms with Gasteiger partial charge in [0.15, 0.2) is 0 Å². The van der Waals surface area contributed by atoms with Gasteiger partial charge in [-0.05, 0) is 24.6 Å². The van der Waals surface area contributed by atoms with E-state index in [2.05, 4.69) is 10.3 Å². The van der Waals surface area contributed by atoms with Gasteiger partial charge >= 0.3 is 0 Å². The summed E-state index contributed by atoms with van der Waals surface area (Å²) in [7, 11) is 1.88. The molecule has 0 spiro atoms. The van der Waals surface area contributed by atoms with Crippen molar-refractivity contribution in [1.29, 1.82) is 0 Å². The van der Waals surface area contributed by atoms with Crippen molar-refractivity contribution in [3.63, 3.8) is 0 Å². The Morgan fingerprint density at radius 2 is 2.12 bits per heavy atom. The van der Waals surface area contributed by atoms with Crippen molar-refractivity contribution in [3.05, 3.63) is 46.0 Å². The van der Waals surface area contributed by atoms with E-state index >= 15 is 0 Å². The number of anilines is 1. The number of nitrogens with zero attached hydrogens (tertiary/aromatic N) is 2. The van der Waals surface area contributed by atoms with Crippen LogP contribution in [0.4, 0.5) is 5.69 Å². The van der Waals surface area contributed by atoms with Crippen molar-refractivity contribution in [1.82, 2.24) is 9.55 Å². The summed E-state index contributed by atoms with van der Waals surface area (Å²) in [4.78, 5) is 4.21. The minimum Gasteiger partial charge on any atom is -0.378 e. The average Bonchev–Trinajstić information content (AvgIpc) is 2.62. The first-order valence-electron chi connectivity index (χ1n) is 5.24. The van der Waals surface area contributed by atoms with Crippen LogP contribution >= 0.6 is 23.2 Å². The predicted molar refractivity (Wildman–Crippen MR) is 71.7 cm³/mol. The Balaban J connectivity index is 2.07. The second-order valence-corrected chi connectivity index (χ2v) is 4.67. The zero-order chi connectivity index (χ0) is 12.4. The molecule has 0 unspecified atom stereocenters. The molecule has 2 rings (SSSR count). The molecule has 1 aromatic heterocycles. The van der Waals surface area contributed by atoms with E-state index in [1.165, 1.54) is 0 Å². The van der Waals surface area contributed by atoms with Gasteiger partial charge in [-0.1, -0.05) is 29.3 Å². The average molecular weight is 270 g/mol. The lowest BCUT2D eigenvalue weighted by molar-refractivity contribution is 0.813. The molecule has 0 amide bonds. The van der Waals surface area contributed by atoms with E-state index in [4.69, 9.17) is 23.2 Å². The Morgan fingerprint density at radius 1 is 1.35 bits per heavy atom. The summed E-state index contributed by atoms with van der Waals surface area (Å²) in [6, 6.07) is 5.88. The highest BCUT2D eigenvalue weighted by molar-refractivity contribution is 6.31. The molecule has 0 saturated heterocycles. The van der Waals surface area contributed by atoms with Crippen molar-refractivity contribution >= 4 is 28.9 Å². The van der Waals surface area contributed by atoms with Crippen molar-refractivity contribution < 1.29 is 0 Å². The van der Waals surface area contributed by atoms with Gasteiger partial charge in [-0.3, -0.25) is 0 Å². The lowest BCUT2D eigenvalue weighted by atomic mass is 10.2. The van der Waals surface area contributed by atoms with E-state index in [0.29, 0.717) is 11.7 Å². The minimum atomic E-state index is 0.614. The number of rotatable bonds is 3. The zero-order valence-corrected chi connectivity index (χ0v) is 11.2. The Morgan fingerprint density at radius 3 is 2.71 bits per heavy atom. The standard InChI is InChI=1S/C12H13Cl2N3/c1-8-3-4-9(5-10(8)13)15-7-12-16-6-11(14)17(12)2/h3-6,15H,7H2,1-2H3. The molecule has 3 nitrogen and oxygen atoms in total. The number of imidazole rings is 1. The number of benzene rings is 1. The lowest BCUT2D eigenvalue weighted by Gasteiger charge is -2.08. The summed E-state index contributed by atoms with van der Waals surface area (Å²) in [5.74, 6) is 0.881. The topological polar surface area (TPSA) is 29.9 Å². The predicted octanol–water partition coefficient (Wildman–Crippen LogP) is 3.65. The molecule has 0 fully saturated rings. The Kier molecular flexibility index (Phi) is 3.60. The first-order chi connectivity index (χ1) is 8.08. The molecule has 0 aliphatic heterocycles. The summed E-state index contributed by atoms with van der Waals surface area (Å²) in [5, 5.41) is 4.64. The van der Waals surface area contributed by atoms with Crippen LogP contribution in [-0.4, -0.2) is 9.55 Å². The molecule has 90 valence electrons. The molecule has 0 bridgehead atoms. The van der Waals surface area contributed by atoms with Gasteiger partial charge in [-0.15, -0.1) is 0 Å². The van der Waals surface area contributed by atoms with Crippen LogP contribution in [0.3, 0.4) is 0 Å². The summed E-state index contributed by atoms with van der Waals surface area (Å²) in [6.45, 7) is 2.59. The molecule has 1 aromatic carbocycles. The number of aromatic nitrogens is 2. The van der Waals surface area contributed by atoms with Crippen molar-refractivity contribution in [3.8, 4) is 0 Å². The molecule has 0 aliphatic rings. The van der Waals surface area contributed by atoms with E-state index in [1.54, 1.807) is 6.20 Å². The number of hydrogen-bond donors (Lipinski definition) is 1. The van der Waals surface area contributed by atoms with Crippen molar-refractivity contribution in [2.45, 2.75) is 13.5 Å². The van der Waals surface area contributed by atoms with Crippen molar-refractivity contribution in [2.24, 2.45) is 7.05 Å². The number of aryl methyl sites for hydroxylation is 1. The molecule has 0 radical (unpaired) electrons. The molecule has 5 heteroatoms. The fourth-order valence-electron chi connectivity index (χ4n) is 1.47. The van der Waals surface area contributed by atoms with Gasteiger partial charge in [0.05, 0.1) is 12.7 Å². The fourth-order valence-corrected chi connectivity index (χ4v) is 1.80. The highest BCUT2D eigenvalue weighted by Gasteiger charge is 2.04. The number of hydrogen-bond acceptors (Lipinski definition) is 2. The van der Waals surface area contributed by atoms with Gasteiger partial charge in [0.2, 0.25) is 0 Å². The normalized spacial score (nSPS) is 10.6. The molecular formula is C12H13Cl2N3. The molecule has 1 heterocycles. The van der Waals surface area contributed by atoms with Crippen LogP contribution in [0.2, 0.25) is 10.2 Å².